The monoisotopic (exact) mass is 334 g/mol. The van der Waals surface area contributed by atoms with E-state index in [0.717, 1.165) is 11.1 Å². The first-order chi connectivity index (χ1) is 12.0. The lowest BCUT2D eigenvalue weighted by Crippen LogP contribution is -2.48. The summed E-state index contributed by atoms with van der Waals surface area (Å²) in [5, 5.41) is 0. The van der Waals surface area contributed by atoms with E-state index in [1.54, 1.807) is 0 Å². The SMILES string of the molecule is CC1(C)OC(=O)C(C(C#Cc2ccccc2)c2ccccc2)C(=O)O1. The maximum absolute atomic E-state index is 12.5. The van der Waals surface area contributed by atoms with Gasteiger partial charge in [-0.05, 0) is 17.7 Å². The second-order valence-electron chi connectivity index (χ2n) is 6.24. The molecule has 1 saturated heterocycles. The fourth-order valence-corrected chi connectivity index (χ4v) is 2.70. The highest BCUT2D eigenvalue weighted by molar-refractivity contribution is 5.98. The van der Waals surface area contributed by atoms with Crippen LogP contribution < -0.4 is 0 Å². The quantitative estimate of drug-likeness (QED) is 0.480. The van der Waals surface area contributed by atoms with Crippen molar-refractivity contribution in [3.05, 3.63) is 71.8 Å². The lowest BCUT2D eigenvalue weighted by atomic mass is 9.85. The number of rotatable bonds is 2. The Hall–Kier alpha value is -3.06. The highest BCUT2D eigenvalue weighted by atomic mass is 16.7. The van der Waals surface area contributed by atoms with Crippen LogP contribution in [0.25, 0.3) is 0 Å². The first kappa shape index (κ1) is 16.8. The van der Waals surface area contributed by atoms with Crippen molar-refractivity contribution in [1.82, 2.24) is 0 Å². The number of carbonyl (C=O) groups is 2. The van der Waals surface area contributed by atoms with Gasteiger partial charge in [-0.25, -0.2) is 0 Å². The van der Waals surface area contributed by atoms with Gasteiger partial charge in [0.15, 0.2) is 5.92 Å². The van der Waals surface area contributed by atoms with Gasteiger partial charge in [-0.2, -0.15) is 0 Å². The molecule has 0 N–H and O–H groups in total. The zero-order valence-corrected chi connectivity index (χ0v) is 14.1. The van der Waals surface area contributed by atoms with E-state index in [0.29, 0.717) is 0 Å². The normalized spacial score (nSPS) is 17.7. The number of ether oxygens (including phenoxy) is 2. The molecule has 0 saturated carbocycles. The topological polar surface area (TPSA) is 52.6 Å². The van der Waals surface area contributed by atoms with E-state index in [1.807, 2.05) is 60.7 Å². The Labute approximate surface area is 146 Å². The molecular weight excluding hydrogens is 316 g/mol. The second-order valence-corrected chi connectivity index (χ2v) is 6.24. The summed E-state index contributed by atoms with van der Waals surface area (Å²) in [5.74, 6) is 1.87. The van der Waals surface area contributed by atoms with Gasteiger partial charge in [0.05, 0.1) is 5.92 Å². The van der Waals surface area contributed by atoms with Crippen molar-refractivity contribution in [3.63, 3.8) is 0 Å². The number of cyclic esters (lactones) is 2. The molecule has 2 aromatic rings. The standard InChI is InChI=1S/C21H18O4/c1-21(2)24-19(22)18(20(23)25-21)17(16-11-7-4-8-12-16)14-13-15-9-5-3-6-10-15/h3-12,17-18H,1-2H3. The molecule has 0 radical (unpaired) electrons. The summed E-state index contributed by atoms with van der Waals surface area (Å²) < 4.78 is 10.5. The van der Waals surface area contributed by atoms with Gasteiger partial charge < -0.3 is 9.47 Å². The molecule has 0 aromatic heterocycles. The van der Waals surface area contributed by atoms with Crippen molar-refractivity contribution >= 4 is 11.9 Å². The minimum Gasteiger partial charge on any atom is -0.422 e. The van der Waals surface area contributed by atoms with Crippen molar-refractivity contribution in [2.45, 2.75) is 25.6 Å². The summed E-state index contributed by atoms with van der Waals surface area (Å²) in [5.41, 5.74) is 1.57. The first-order valence-electron chi connectivity index (χ1n) is 8.03. The van der Waals surface area contributed by atoms with Crippen molar-refractivity contribution in [3.8, 4) is 11.8 Å². The number of hydrogen-bond donors (Lipinski definition) is 0. The first-order valence-corrected chi connectivity index (χ1v) is 8.03. The molecule has 0 amide bonds. The van der Waals surface area contributed by atoms with E-state index < -0.39 is 29.6 Å². The summed E-state index contributed by atoms with van der Waals surface area (Å²) in [7, 11) is 0. The van der Waals surface area contributed by atoms with E-state index in [9.17, 15) is 9.59 Å². The number of carbonyl (C=O) groups excluding carboxylic acids is 2. The summed E-state index contributed by atoms with van der Waals surface area (Å²) in [6.45, 7) is 3.07. The highest BCUT2D eigenvalue weighted by Crippen LogP contribution is 2.33. The van der Waals surface area contributed by atoms with Crippen LogP contribution in [0.15, 0.2) is 60.7 Å². The molecule has 1 unspecified atom stereocenters. The van der Waals surface area contributed by atoms with Gasteiger partial charge in [-0.3, -0.25) is 9.59 Å². The fourth-order valence-electron chi connectivity index (χ4n) is 2.70. The molecule has 4 heteroatoms. The van der Waals surface area contributed by atoms with Crippen molar-refractivity contribution < 1.29 is 19.1 Å². The second kappa shape index (κ2) is 6.82. The van der Waals surface area contributed by atoms with Gasteiger partial charge in [-0.1, -0.05) is 60.4 Å². The predicted molar refractivity (Wildman–Crippen MR) is 92.3 cm³/mol. The molecule has 4 nitrogen and oxygen atoms in total. The molecule has 25 heavy (non-hydrogen) atoms. The Bertz CT molecular complexity index is 808. The smallest absolute Gasteiger partial charge is 0.325 e. The van der Waals surface area contributed by atoms with Gasteiger partial charge in [0, 0.05) is 19.4 Å². The van der Waals surface area contributed by atoms with Crippen molar-refractivity contribution in [2.75, 3.05) is 0 Å². The fraction of sp³-hybridized carbons (Fsp3) is 0.238. The molecule has 2 aromatic carbocycles. The van der Waals surface area contributed by atoms with E-state index in [1.165, 1.54) is 13.8 Å². The molecule has 1 fully saturated rings. The van der Waals surface area contributed by atoms with Crippen molar-refractivity contribution in [2.24, 2.45) is 5.92 Å². The zero-order valence-electron chi connectivity index (χ0n) is 14.1. The minimum atomic E-state index is -1.25. The van der Waals surface area contributed by atoms with Gasteiger partial charge >= 0.3 is 11.9 Å². The van der Waals surface area contributed by atoms with Crippen molar-refractivity contribution in [1.29, 1.82) is 0 Å². The lowest BCUT2D eigenvalue weighted by Gasteiger charge is -2.34. The summed E-state index contributed by atoms with van der Waals surface area (Å²) in [6.07, 6.45) is 0. The summed E-state index contributed by atoms with van der Waals surface area (Å²) in [6, 6.07) is 18.6. The average molecular weight is 334 g/mol. The van der Waals surface area contributed by atoms with Crippen LogP contribution >= 0.6 is 0 Å². The molecule has 126 valence electrons. The van der Waals surface area contributed by atoms with Gasteiger partial charge in [0.1, 0.15) is 0 Å². The van der Waals surface area contributed by atoms with E-state index in [2.05, 4.69) is 11.8 Å². The van der Waals surface area contributed by atoms with Gasteiger partial charge in [-0.15, -0.1) is 0 Å². The highest BCUT2D eigenvalue weighted by Gasteiger charge is 2.47. The average Bonchev–Trinajstić information content (AvgIpc) is 2.58. The van der Waals surface area contributed by atoms with Crippen LogP contribution in [0.3, 0.4) is 0 Å². The van der Waals surface area contributed by atoms with Crippen LogP contribution in [0.2, 0.25) is 0 Å². The van der Waals surface area contributed by atoms with Crippen LogP contribution in [0.4, 0.5) is 0 Å². The maximum atomic E-state index is 12.5. The van der Waals surface area contributed by atoms with Crippen LogP contribution in [0.5, 0.6) is 0 Å². The lowest BCUT2D eigenvalue weighted by molar-refractivity contribution is -0.240. The Balaban J connectivity index is 1.99. The summed E-state index contributed by atoms with van der Waals surface area (Å²) >= 11 is 0. The number of hydrogen-bond acceptors (Lipinski definition) is 4. The van der Waals surface area contributed by atoms with Gasteiger partial charge in [0.25, 0.3) is 5.79 Å². The van der Waals surface area contributed by atoms with Crippen LogP contribution in [-0.4, -0.2) is 17.7 Å². The molecule has 1 heterocycles. The summed E-state index contributed by atoms with van der Waals surface area (Å²) in [4.78, 5) is 24.9. The largest absolute Gasteiger partial charge is 0.422 e. The molecule has 3 rings (SSSR count). The molecule has 1 aliphatic rings. The molecular formula is C21H18O4. The Morgan fingerprint density at radius 2 is 1.40 bits per heavy atom. The third-order valence-electron chi connectivity index (χ3n) is 3.84. The number of benzene rings is 2. The van der Waals surface area contributed by atoms with E-state index in [-0.39, 0.29) is 0 Å². The molecule has 1 atom stereocenters. The molecule has 0 spiro atoms. The maximum Gasteiger partial charge on any atom is 0.325 e. The zero-order chi connectivity index (χ0) is 17.9. The number of esters is 2. The van der Waals surface area contributed by atoms with Crippen LogP contribution in [-0.2, 0) is 19.1 Å². The predicted octanol–water partition coefficient (Wildman–Crippen LogP) is 3.27. The Kier molecular flexibility index (Phi) is 4.58. The Morgan fingerprint density at radius 1 is 0.880 bits per heavy atom. The third kappa shape index (κ3) is 3.89. The minimum absolute atomic E-state index is 0.613. The molecule has 1 aliphatic heterocycles. The van der Waals surface area contributed by atoms with E-state index in [4.69, 9.17) is 9.47 Å². The Morgan fingerprint density at radius 3 is 1.96 bits per heavy atom. The molecule has 0 aliphatic carbocycles. The van der Waals surface area contributed by atoms with Gasteiger partial charge in [0.2, 0.25) is 0 Å². The van der Waals surface area contributed by atoms with E-state index >= 15 is 0 Å². The molecule has 0 bridgehead atoms. The van der Waals surface area contributed by atoms with Crippen LogP contribution in [0.1, 0.15) is 30.9 Å². The van der Waals surface area contributed by atoms with Crippen LogP contribution in [0, 0.1) is 17.8 Å². The third-order valence-corrected chi connectivity index (χ3v) is 3.84.